The van der Waals surface area contributed by atoms with Crippen LogP contribution in [0.4, 0.5) is 8.78 Å². The Morgan fingerprint density at radius 1 is 1.21 bits per heavy atom. The Labute approximate surface area is 189 Å². The summed E-state index contributed by atoms with van der Waals surface area (Å²) in [4.78, 5) is 9.40. The highest BCUT2D eigenvalue weighted by Crippen LogP contribution is 2.29. The van der Waals surface area contributed by atoms with Crippen molar-refractivity contribution in [2.24, 2.45) is 10.4 Å². The molecule has 164 valence electrons. The fourth-order valence-electron chi connectivity index (χ4n) is 3.93. The molecule has 5 nitrogen and oxygen atoms in total. The third-order valence-corrected chi connectivity index (χ3v) is 5.61. The molecule has 1 N–H and O–H groups in total. The second kappa shape index (κ2) is 10.9. The van der Waals surface area contributed by atoms with Crippen LogP contribution in [0.2, 0.25) is 0 Å². The second-order valence-electron chi connectivity index (χ2n) is 8.09. The maximum atomic E-state index is 14.3. The fourth-order valence-corrected chi connectivity index (χ4v) is 3.93. The monoisotopic (exact) mass is 522 g/mol. The van der Waals surface area contributed by atoms with E-state index in [4.69, 9.17) is 9.73 Å². The Morgan fingerprint density at radius 2 is 1.90 bits per heavy atom. The first-order valence-electron chi connectivity index (χ1n) is 10.3. The minimum Gasteiger partial charge on any atom is -0.380 e. The molecule has 0 saturated carbocycles. The zero-order valence-corrected chi connectivity index (χ0v) is 19.9. The standard InChI is InChI=1S/C21H32F2N4O.HI/c1-4-19(17-7-6-16(22)12-18(17)23)26-8-10-27(11-9-26)20(24-5-2)25-13-21(3)14-28-15-21;/h6-7,12,19H,4-5,8-11,13-15H2,1-3H3,(H,24,25);1H. The van der Waals surface area contributed by atoms with Crippen molar-refractivity contribution in [1.29, 1.82) is 0 Å². The van der Waals surface area contributed by atoms with Crippen molar-refractivity contribution < 1.29 is 13.5 Å². The summed E-state index contributed by atoms with van der Waals surface area (Å²) in [5.41, 5.74) is 0.728. The molecule has 1 aromatic rings. The molecular weight excluding hydrogens is 489 g/mol. The summed E-state index contributed by atoms with van der Waals surface area (Å²) in [6.07, 6.45) is 0.787. The van der Waals surface area contributed by atoms with E-state index in [-0.39, 0.29) is 35.4 Å². The average molecular weight is 522 g/mol. The SMILES string of the molecule is CCNC(=NCC1(C)COC1)N1CCN(C(CC)c2ccc(F)cc2F)CC1.I. The highest BCUT2D eigenvalue weighted by Gasteiger charge is 2.33. The zero-order valence-electron chi connectivity index (χ0n) is 17.6. The number of rotatable bonds is 6. The van der Waals surface area contributed by atoms with Crippen LogP contribution in [-0.2, 0) is 4.74 Å². The molecule has 2 fully saturated rings. The number of hydrogen-bond acceptors (Lipinski definition) is 3. The van der Waals surface area contributed by atoms with Gasteiger partial charge in [-0.2, -0.15) is 0 Å². The van der Waals surface area contributed by atoms with E-state index in [0.717, 1.165) is 70.9 Å². The quantitative estimate of drug-likeness (QED) is 0.352. The molecule has 0 bridgehead atoms. The summed E-state index contributed by atoms with van der Waals surface area (Å²) in [6.45, 7) is 12.7. The van der Waals surface area contributed by atoms with Gasteiger partial charge in [-0.3, -0.25) is 9.89 Å². The van der Waals surface area contributed by atoms with Gasteiger partial charge in [0.2, 0.25) is 0 Å². The molecule has 0 radical (unpaired) electrons. The molecule has 0 aliphatic carbocycles. The number of piperazine rings is 1. The minimum absolute atomic E-state index is 0. The predicted octanol–water partition coefficient (Wildman–Crippen LogP) is 3.65. The Bertz CT molecular complexity index is 691. The summed E-state index contributed by atoms with van der Waals surface area (Å²) < 4.78 is 32.9. The maximum absolute atomic E-state index is 14.3. The predicted molar refractivity (Wildman–Crippen MR) is 123 cm³/mol. The van der Waals surface area contributed by atoms with Gasteiger partial charge in [0.1, 0.15) is 11.6 Å². The van der Waals surface area contributed by atoms with Gasteiger partial charge in [0.05, 0.1) is 19.8 Å². The summed E-state index contributed by atoms with van der Waals surface area (Å²) >= 11 is 0. The summed E-state index contributed by atoms with van der Waals surface area (Å²) in [7, 11) is 0. The fraction of sp³-hybridized carbons (Fsp3) is 0.667. The van der Waals surface area contributed by atoms with Gasteiger partial charge in [0.15, 0.2) is 5.96 Å². The molecule has 8 heteroatoms. The summed E-state index contributed by atoms with van der Waals surface area (Å²) in [5.74, 6) is -0.0468. The van der Waals surface area contributed by atoms with Crippen molar-refractivity contribution in [1.82, 2.24) is 15.1 Å². The van der Waals surface area contributed by atoms with Gasteiger partial charge in [-0.25, -0.2) is 8.78 Å². The highest BCUT2D eigenvalue weighted by molar-refractivity contribution is 14.0. The summed E-state index contributed by atoms with van der Waals surface area (Å²) in [6, 6.07) is 3.87. The van der Waals surface area contributed by atoms with Crippen molar-refractivity contribution in [2.45, 2.75) is 33.2 Å². The van der Waals surface area contributed by atoms with E-state index in [1.807, 2.05) is 6.92 Å². The van der Waals surface area contributed by atoms with Gasteiger partial charge < -0.3 is 15.0 Å². The largest absolute Gasteiger partial charge is 0.380 e. The van der Waals surface area contributed by atoms with Crippen LogP contribution in [0.5, 0.6) is 0 Å². The van der Waals surface area contributed by atoms with Crippen molar-refractivity contribution >= 4 is 29.9 Å². The Hall–Kier alpha value is -1.00. The number of benzene rings is 1. The lowest BCUT2D eigenvalue weighted by molar-refractivity contribution is -0.0946. The number of nitrogens with one attached hydrogen (secondary N) is 1. The molecule has 0 amide bonds. The third kappa shape index (κ3) is 6.01. The normalized spacial score (nSPS) is 20.6. The van der Waals surface area contributed by atoms with E-state index >= 15 is 0 Å². The molecule has 2 heterocycles. The van der Waals surface area contributed by atoms with Crippen molar-refractivity contribution in [3.05, 3.63) is 35.4 Å². The lowest BCUT2D eigenvalue weighted by atomic mass is 9.89. The molecule has 1 unspecified atom stereocenters. The molecule has 0 aromatic heterocycles. The minimum atomic E-state index is -0.530. The molecule has 2 aliphatic rings. The number of nitrogens with zero attached hydrogens (tertiary/aromatic N) is 3. The van der Waals surface area contributed by atoms with E-state index in [9.17, 15) is 8.78 Å². The molecule has 1 aromatic carbocycles. The smallest absolute Gasteiger partial charge is 0.194 e. The molecule has 1 atom stereocenters. The van der Waals surface area contributed by atoms with E-state index in [1.54, 1.807) is 6.07 Å². The van der Waals surface area contributed by atoms with Crippen LogP contribution in [-0.4, -0.2) is 68.2 Å². The molecular formula is C21H33F2IN4O. The van der Waals surface area contributed by atoms with E-state index in [2.05, 4.69) is 29.0 Å². The number of hydrogen-bond donors (Lipinski definition) is 1. The van der Waals surface area contributed by atoms with E-state index < -0.39 is 11.6 Å². The van der Waals surface area contributed by atoms with Crippen LogP contribution in [0.25, 0.3) is 0 Å². The van der Waals surface area contributed by atoms with Crippen LogP contribution < -0.4 is 5.32 Å². The van der Waals surface area contributed by atoms with Gasteiger partial charge in [0, 0.05) is 55.8 Å². The molecule has 2 saturated heterocycles. The van der Waals surface area contributed by atoms with Crippen LogP contribution in [0.1, 0.15) is 38.8 Å². The molecule has 2 aliphatic heterocycles. The maximum Gasteiger partial charge on any atom is 0.194 e. The van der Waals surface area contributed by atoms with Crippen LogP contribution in [0.15, 0.2) is 23.2 Å². The Balaban J connectivity index is 0.00000300. The molecule has 3 rings (SSSR count). The van der Waals surface area contributed by atoms with Gasteiger partial charge in [-0.15, -0.1) is 24.0 Å². The second-order valence-corrected chi connectivity index (χ2v) is 8.09. The molecule has 29 heavy (non-hydrogen) atoms. The first-order chi connectivity index (χ1) is 13.5. The topological polar surface area (TPSA) is 40.1 Å². The number of guanidine groups is 1. The lowest BCUT2D eigenvalue weighted by Gasteiger charge is -2.41. The number of aliphatic imine (C=N–C) groups is 1. The third-order valence-electron chi connectivity index (χ3n) is 5.61. The van der Waals surface area contributed by atoms with Gasteiger partial charge in [0.25, 0.3) is 0 Å². The van der Waals surface area contributed by atoms with Gasteiger partial charge in [-0.05, 0) is 19.4 Å². The van der Waals surface area contributed by atoms with Gasteiger partial charge in [-0.1, -0.05) is 19.9 Å². The highest BCUT2D eigenvalue weighted by atomic mass is 127. The first-order valence-corrected chi connectivity index (χ1v) is 10.3. The van der Waals surface area contributed by atoms with Crippen LogP contribution in [0.3, 0.4) is 0 Å². The van der Waals surface area contributed by atoms with Crippen molar-refractivity contribution in [3.63, 3.8) is 0 Å². The zero-order chi connectivity index (χ0) is 20.1. The van der Waals surface area contributed by atoms with Crippen molar-refractivity contribution in [3.8, 4) is 0 Å². The van der Waals surface area contributed by atoms with Crippen LogP contribution >= 0.6 is 24.0 Å². The number of ether oxygens (including phenoxy) is 1. The van der Waals surface area contributed by atoms with Crippen LogP contribution in [0, 0.1) is 17.0 Å². The number of halogens is 3. The van der Waals surface area contributed by atoms with Crippen molar-refractivity contribution in [2.75, 3.05) is 52.5 Å². The average Bonchev–Trinajstić information content (AvgIpc) is 2.66. The first kappa shape index (κ1) is 24.3. The summed E-state index contributed by atoms with van der Waals surface area (Å²) in [5, 5.41) is 3.39. The van der Waals surface area contributed by atoms with E-state index in [1.165, 1.54) is 6.07 Å². The Kier molecular flexibility index (Phi) is 9.09. The van der Waals surface area contributed by atoms with Gasteiger partial charge >= 0.3 is 0 Å². The molecule has 0 spiro atoms. The lowest BCUT2D eigenvalue weighted by Crippen LogP contribution is -2.53. The van der Waals surface area contributed by atoms with E-state index in [0.29, 0.717) is 5.56 Å². The Morgan fingerprint density at radius 3 is 2.41 bits per heavy atom.